The molecule has 37 heavy (non-hydrogen) atoms. The SMILES string of the molecule is C=CC(=O)Nc1cc(Nc2nccc(-c3cn(C)c4ccccc34)n2)c(OC)cc1[S+]([O-])CCN(C)C. The molecule has 2 N–H and O–H groups in total. The summed E-state index contributed by atoms with van der Waals surface area (Å²) in [4.78, 5) is 23.7. The third-order valence-corrected chi connectivity index (χ3v) is 7.17. The topological polar surface area (TPSA) is 107 Å². The Morgan fingerprint density at radius 3 is 2.76 bits per heavy atom. The third-order valence-electron chi connectivity index (χ3n) is 5.79. The molecule has 0 aliphatic carbocycles. The summed E-state index contributed by atoms with van der Waals surface area (Å²) in [5.74, 6) is 0.794. The van der Waals surface area contributed by atoms with Gasteiger partial charge in [0.15, 0.2) is 4.90 Å². The van der Waals surface area contributed by atoms with Crippen molar-refractivity contribution >= 4 is 45.3 Å². The van der Waals surface area contributed by atoms with Crippen molar-refractivity contribution in [3.8, 4) is 17.0 Å². The zero-order chi connectivity index (χ0) is 26.5. The number of methoxy groups -OCH3 is 1. The lowest BCUT2D eigenvalue weighted by molar-refractivity contribution is -0.111. The Morgan fingerprint density at radius 2 is 2.03 bits per heavy atom. The Labute approximate surface area is 219 Å². The molecule has 1 atom stereocenters. The molecule has 2 heterocycles. The number of para-hydroxylation sites is 1. The van der Waals surface area contributed by atoms with E-state index in [0.717, 1.165) is 22.2 Å². The number of hydrogen-bond acceptors (Lipinski definition) is 7. The number of amides is 1. The maximum atomic E-state index is 13.1. The molecule has 2 aromatic carbocycles. The Hall–Kier alpha value is -3.86. The summed E-state index contributed by atoms with van der Waals surface area (Å²) in [6, 6.07) is 13.3. The van der Waals surface area contributed by atoms with Gasteiger partial charge >= 0.3 is 0 Å². The monoisotopic (exact) mass is 518 g/mol. The Bertz CT molecular complexity index is 1440. The highest BCUT2D eigenvalue weighted by Crippen LogP contribution is 2.36. The molecule has 192 valence electrons. The minimum absolute atomic E-state index is 0.353. The van der Waals surface area contributed by atoms with Crippen LogP contribution >= 0.6 is 0 Å². The fraction of sp³-hybridized carbons (Fsp3) is 0.222. The van der Waals surface area contributed by atoms with Crippen LogP contribution in [-0.4, -0.2) is 63.4 Å². The number of carbonyl (C=O) groups is 1. The van der Waals surface area contributed by atoms with Gasteiger partial charge in [-0.1, -0.05) is 24.8 Å². The summed E-state index contributed by atoms with van der Waals surface area (Å²) < 4.78 is 20.8. The number of nitrogens with one attached hydrogen (secondary N) is 2. The minimum Gasteiger partial charge on any atom is -0.611 e. The highest BCUT2D eigenvalue weighted by molar-refractivity contribution is 7.91. The van der Waals surface area contributed by atoms with E-state index in [2.05, 4.69) is 38.9 Å². The summed E-state index contributed by atoms with van der Waals surface area (Å²) in [6.45, 7) is 4.14. The molecular formula is C27H30N6O3S. The van der Waals surface area contributed by atoms with Gasteiger partial charge in [0, 0.05) is 48.5 Å². The molecule has 0 fully saturated rings. The van der Waals surface area contributed by atoms with Crippen molar-refractivity contribution in [2.75, 3.05) is 44.1 Å². The standard InChI is InChI=1S/C27H30N6O3S/c1-6-26(34)29-22-15-21(24(36-5)16-25(22)37(35)14-13-32(2)3)31-27-28-12-11-20(30-27)19-17-33(4)23-10-8-7-9-18(19)23/h6-12,15-17H,1,13-14H2,2-5H3,(H,29,34)(H,28,30,31). The van der Waals surface area contributed by atoms with E-state index in [1.54, 1.807) is 18.3 Å². The van der Waals surface area contributed by atoms with Crippen LogP contribution in [0.2, 0.25) is 0 Å². The molecule has 4 aromatic rings. The van der Waals surface area contributed by atoms with Gasteiger partial charge in [-0.15, -0.1) is 0 Å². The molecule has 0 aliphatic rings. The fourth-order valence-electron chi connectivity index (χ4n) is 3.91. The molecule has 4 rings (SSSR count). The first kappa shape index (κ1) is 26.2. The lowest BCUT2D eigenvalue weighted by atomic mass is 10.1. The lowest BCUT2D eigenvalue weighted by Crippen LogP contribution is -2.23. The zero-order valence-corrected chi connectivity index (χ0v) is 22.1. The molecule has 1 unspecified atom stereocenters. The van der Waals surface area contributed by atoms with Crippen molar-refractivity contribution in [1.29, 1.82) is 0 Å². The van der Waals surface area contributed by atoms with Gasteiger partial charge in [-0.3, -0.25) is 4.79 Å². The van der Waals surface area contributed by atoms with Crippen LogP contribution in [0.25, 0.3) is 22.2 Å². The summed E-state index contributed by atoms with van der Waals surface area (Å²) in [5, 5.41) is 7.05. The first-order valence-electron chi connectivity index (χ1n) is 11.6. The van der Waals surface area contributed by atoms with Gasteiger partial charge in [0.1, 0.15) is 11.5 Å². The van der Waals surface area contributed by atoms with E-state index in [1.165, 1.54) is 13.2 Å². The number of aromatic nitrogens is 3. The molecule has 9 nitrogen and oxygen atoms in total. The molecule has 2 aromatic heterocycles. The highest BCUT2D eigenvalue weighted by atomic mass is 32.2. The third kappa shape index (κ3) is 5.93. The first-order chi connectivity index (χ1) is 17.8. The van der Waals surface area contributed by atoms with E-state index in [-0.39, 0.29) is 0 Å². The maximum absolute atomic E-state index is 13.1. The number of anilines is 3. The number of benzene rings is 2. The number of rotatable bonds is 10. The number of hydrogen-bond donors (Lipinski definition) is 2. The summed E-state index contributed by atoms with van der Waals surface area (Å²) in [7, 11) is 7.36. The van der Waals surface area contributed by atoms with Crippen LogP contribution in [-0.2, 0) is 23.0 Å². The smallest absolute Gasteiger partial charge is 0.247 e. The van der Waals surface area contributed by atoms with E-state index >= 15 is 0 Å². The maximum Gasteiger partial charge on any atom is 0.247 e. The van der Waals surface area contributed by atoms with Crippen LogP contribution < -0.4 is 15.4 Å². The molecule has 0 saturated carbocycles. The minimum atomic E-state index is -1.37. The molecule has 10 heteroatoms. The second-order valence-corrected chi connectivity index (χ2v) is 10.2. The number of aryl methyl sites for hydroxylation is 1. The van der Waals surface area contributed by atoms with Crippen LogP contribution in [0.4, 0.5) is 17.3 Å². The summed E-state index contributed by atoms with van der Waals surface area (Å²) >= 11 is -1.37. The van der Waals surface area contributed by atoms with Gasteiger partial charge < -0.3 is 29.4 Å². The van der Waals surface area contributed by atoms with Crippen LogP contribution in [0.3, 0.4) is 0 Å². The lowest BCUT2D eigenvalue weighted by Gasteiger charge is -2.19. The first-order valence-corrected chi connectivity index (χ1v) is 13.0. The van der Waals surface area contributed by atoms with Gasteiger partial charge in [-0.25, -0.2) is 9.97 Å². The second-order valence-electron chi connectivity index (χ2n) is 8.66. The molecule has 1 amide bonds. The van der Waals surface area contributed by atoms with Crippen molar-refractivity contribution < 1.29 is 14.1 Å². The van der Waals surface area contributed by atoms with Crippen LogP contribution in [0.15, 0.2) is 72.4 Å². The number of ether oxygens (including phenoxy) is 1. The molecule has 0 radical (unpaired) electrons. The van der Waals surface area contributed by atoms with E-state index in [1.807, 2.05) is 50.4 Å². The number of carbonyl (C=O) groups excluding carboxylic acids is 1. The van der Waals surface area contributed by atoms with Gasteiger partial charge in [0.05, 0.1) is 24.2 Å². The summed E-state index contributed by atoms with van der Waals surface area (Å²) in [6.07, 6.45) is 4.89. The van der Waals surface area contributed by atoms with E-state index in [0.29, 0.717) is 40.3 Å². The van der Waals surface area contributed by atoms with Crippen molar-refractivity contribution in [2.45, 2.75) is 4.90 Å². The van der Waals surface area contributed by atoms with Gasteiger partial charge in [-0.05, 0) is 49.5 Å². The quantitative estimate of drug-likeness (QED) is 0.240. The highest BCUT2D eigenvalue weighted by Gasteiger charge is 2.22. The van der Waals surface area contributed by atoms with E-state index in [4.69, 9.17) is 9.72 Å². The Balaban J connectivity index is 1.71. The number of nitrogens with zero attached hydrogens (tertiary/aromatic N) is 4. The van der Waals surface area contributed by atoms with Crippen molar-refractivity contribution in [3.05, 3.63) is 67.5 Å². The zero-order valence-electron chi connectivity index (χ0n) is 21.3. The van der Waals surface area contributed by atoms with Crippen LogP contribution in [0.5, 0.6) is 5.75 Å². The van der Waals surface area contributed by atoms with Crippen molar-refractivity contribution in [2.24, 2.45) is 7.05 Å². The predicted molar refractivity (Wildman–Crippen MR) is 149 cm³/mol. The normalized spacial score (nSPS) is 11.9. The molecule has 0 bridgehead atoms. The number of fused-ring (bicyclic) bond motifs is 1. The molecule has 0 saturated heterocycles. The Morgan fingerprint density at radius 1 is 1.24 bits per heavy atom. The van der Waals surface area contributed by atoms with Crippen LogP contribution in [0, 0.1) is 0 Å². The van der Waals surface area contributed by atoms with Gasteiger partial charge in [0.25, 0.3) is 0 Å². The molecular weight excluding hydrogens is 488 g/mol. The van der Waals surface area contributed by atoms with E-state index in [9.17, 15) is 9.35 Å². The average Bonchev–Trinajstić information content (AvgIpc) is 3.24. The molecule has 0 aliphatic heterocycles. The van der Waals surface area contributed by atoms with E-state index < -0.39 is 17.1 Å². The predicted octanol–water partition coefficient (Wildman–Crippen LogP) is 4.18. The van der Waals surface area contributed by atoms with Gasteiger partial charge in [0.2, 0.25) is 11.9 Å². The second kappa shape index (κ2) is 11.5. The van der Waals surface area contributed by atoms with Crippen LogP contribution in [0.1, 0.15) is 0 Å². The summed E-state index contributed by atoms with van der Waals surface area (Å²) in [5.41, 5.74) is 3.77. The van der Waals surface area contributed by atoms with Crippen molar-refractivity contribution in [1.82, 2.24) is 19.4 Å². The molecule has 0 spiro atoms. The Kier molecular flexibility index (Phi) is 8.12. The van der Waals surface area contributed by atoms with Gasteiger partial charge in [-0.2, -0.15) is 0 Å². The fourth-order valence-corrected chi connectivity index (χ4v) is 5.25. The average molecular weight is 519 g/mol. The van der Waals surface area contributed by atoms with Crippen molar-refractivity contribution in [3.63, 3.8) is 0 Å². The largest absolute Gasteiger partial charge is 0.611 e.